The molecule has 1 unspecified atom stereocenters. The third-order valence-electron chi connectivity index (χ3n) is 2.38. The van der Waals surface area contributed by atoms with Crippen molar-refractivity contribution in [2.24, 2.45) is 22.8 Å². The second kappa shape index (κ2) is 5.55. The largest absolute Gasteiger partial charge is 0.330 e. The van der Waals surface area contributed by atoms with Crippen molar-refractivity contribution in [3.63, 3.8) is 0 Å². The zero-order valence-electron chi connectivity index (χ0n) is 8.77. The van der Waals surface area contributed by atoms with E-state index in [4.69, 9.17) is 11.5 Å². The first-order valence-corrected chi connectivity index (χ1v) is 4.92. The van der Waals surface area contributed by atoms with Crippen LogP contribution in [0, 0.1) is 11.3 Å². The summed E-state index contributed by atoms with van der Waals surface area (Å²) in [4.78, 5) is 0. The molecule has 2 nitrogen and oxygen atoms in total. The maximum atomic E-state index is 5.54. The Morgan fingerprint density at radius 2 is 1.75 bits per heavy atom. The molecule has 0 bridgehead atoms. The minimum Gasteiger partial charge on any atom is -0.330 e. The number of hydrogen-bond acceptors (Lipinski definition) is 2. The Morgan fingerprint density at radius 3 is 2.17 bits per heavy atom. The Kier molecular flexibility index (Phi) is 5.51. The summed E-state index contributed by atoms with van der Waals surface area (Å²) in [6, 6.07) is 0. The highest BCUT2D eigenvalue weighted by molar-refractivity contribution is 4.72. The van der Waals surface area contributed by atoms with Crippen molar-refractivity contribution < 1.29 is 0 Å². The summed E-state index contributed by atoms with van der Waals surface area (Å²) in [6.07, 6.45) is 3.48. The third-order valence-corrected chi connectivity index (χ3v) is 2.38. The zero-order chi connectivity index (χ0) is 9.61. The van der Waals surface area contributed by atoms with E-state index in [1.807, 2.05) is 0 Å². The smallest absolute Gasteiger partial charge is 0.00722 e. The molecular weight excluding hydrogens is 148 g/mol. The fourth-order valence-electron chi connectivity index (χ4n) is 1.82. The van der Waals surface area contributed by atoms with Crippen LogP contribution in [-0.4, -0.2) is 13.1 Å². The van der Waals surface area contributed by atoms with E-state index in [0.29, 0.717) is 5.41 Å². The fourth-order valence-corrected chi connectivity index (χ4v) is 1.82. The van der Waals surface area contributed by atoms with Gasteiger partial charge in [-0.1, -0.05) is 20.8 Å². The molecule has 0 aromatic heterocycles. The van der Waals surface area contributed by atoms with E-state index >= 15 is 0 Å². The van der Waals surface area contributed by atoms with E-state index < -0.39 is 0 Å². The topological polar surface area (TPSA) is 52.0 Å². The number of rotatable bonds is 6. The van der Waals surface area contributed by atoms with E-state index in [-0.39, 0.29) is 0 Å². The van der Waals surface area contributed by atoms with Crippen molar-refractivity contribution in [1.82, 2.24) is 0 Å². The van der Waals surface area contributed by atoms with Crippen molar-refractivity contribution >= 4 is 0 Å². The molecule has 0 heterocycles. The van der Waals surface area contributed by atoms with Crippen LogP contribution < -0.4 is 11.5 Å². The summed E-state index contributed by atoms with van der Waals surface area (Å²) < 4.78 is 0. The van der Waals surface area contributed by atoms with Crippen LogP contribution in [0.15, 0.2) is 0 Å². The van der Waals surface area contributed by atoms with Gasteiger partial charge >= 0.3 is 0 Å². The lowest BCUT2D eigenvalue weighted by molar-refractivity contribution is 0.255. The normalized spacial score (nSPS) is 14.8. The maximum absolute atomic E-state index is 5.54. The summed E-state index contributed by atoms with van der Waals surface area (Å²) in [7, 11) is 0. The first-order valence-electron chi connectivity index (χ1n) is 4.92. The average Bonchev–Trinajstić information content (AvgIpc) is 1.85. The van der Waals surface area contributed by atoms with Gasteiger partial charge < -0.3 is 11.5 Å². The molecule has 0 aliphatic rings. The molecule has 0 fully saturated rings. The predicted molar refractivity (Wildman–Crippen MR) is 54.9 cm³/mol. The Morgan fingerprint density at radius 1 is 1.17 bits per heavy atom. The van der Waals surface area contributed by atoms with Gasteiger partial charge in [0.2, 0.25) is 0 Å². The van der Waals surface area contributed by atoms with Crippen LogP contribution in [0.4, 0.5) is 0 Å². The lowest BCUT2D eigenvalue weighted by atomic mass is 9.80. The monoisotopic (exact) mass is 172 g/mol. The van der Waals surface area contributed by atoms with Crippen molar-refractivity contribution in [3.8, 4) is 0 Å². The van der Waals surface area contributed by atoms with Crippen LogP contribution in [0.2, 0.25) is 0 Å². The average molecular weight is 172 g/mol. The minimum atomic E-state index is 0.392. The Balaban J connectivity index is 3.70. The lowest BCUT2D eigenvalue weighted by Gasteiger charge is -2.27. The lowest BCUT2D eigenvalue weighted by Crippen LogP contribution is -2.21. The first kappa shape index (κ1) is 11.9. The molecule has 0 saturated carbocycles. The molecule has 0 aromatic rings. The fraction of sp³-hybridized carbons (Fsp3) is 1.00. The second-order valence-electron chi connectivity index (χ2n) is 4.59. The summed E-state index contributed by atoms with van der Waals surface area (Å²) in [5.41, 5.74) is 11.4. The van der Waals surface area contributed by atoms with Crippen LogP contribution in [0.25, 0.3) is 0 Å². The summed E-state index contributed by atoms with van der Waals surface area (Å²) in [6.45, 7) is 8.44. The minimum absolute atomic E-state index is 0.392. The SMILES string of the molecule is CC(CCN)CC(C)(C)CCN. The Hall–Kier alpha value is -0.0800. The quantitative estimate of drug-likeness (QED) is 0.641. The molecule has 0 radical (unpaired) electrons. The molecule has 0 rings (SSSR count). The van der Waals surface area contributed by atoms with E-state index in [2.05, 4.69) is 20.8 Å². The van der Waals surface area contributed by atoms with E-state index in [9.17, 15) is 0 Å². The Bertz CT molecular complexity index is 110. The molecule has 0 aliphatic heterocycles. The molecular formula is C10H24N2. The molecule has 0 aromatic carbocycles. The van der Waals surface area contributed by atoms with Gasteiger partial charge in [0.15, 0.2) is 0 Å². The van der Waals surface area contributed by atoms with Gasteiger partial charge in [-0.3, -0.25) is 0 Å². The number of hydrogen-bond donors (Lipinski definition) is 2. The van der Waals surface area contributed by atoms with Gasteiger partial charge in [-0.05, 0) is 43.7 Å². The van der Waals surface area contributed by atoms with Crippen LogP contribution >= 0.6 is 0 Å². The van der Waals surface area contributed by atoms with Crippen LogP contribution in [0.1, 0.15) is 40.0 Å². The zero-order valence-corrected chi connectivity index (χ0v) is 8.77. The molecule has 4 N–H and O–H groups in total. The molecule has 74 valence electrons. The highest BCUT2D eigenvalue weighted by Gasteiger charge is 2.19. The van der Waals surface area contributed by atoms with Gasteiger partial charge in [-0.15, -0.1) is 0 Å². The van der Waals surface area contributed by atoms with Crippen molar-refractivity contribution in [2.45, 2.75) is 40.0 Å². The standard InChI is InChI=1S/C10H24N2/c1-9(4-6-11)8-10(2,3)5-7-12/h9H,4-8,11-12H2,1-3H3. The predicted octanol–water partition coefficient (Wildman–Crippen LogP) is 1.74. The van der Waals surface area contributed by atoms with Crippen molar-refractivity contribution in [1.29, 1.82) is 0 Å². The molecule has 12 heavy (non-hydrogen) atoms. The molecule has 1 atom stereocenters. The van der Waals surface area contributed by atoms with Gasteiger partial charge in [0.05, 0.1) is 0 Å². The van der Waals surface area contributed by atoms with E-state index in [1.54, 1.807) is 0 Å². The summed E-state index contributed by atoms with van der Waals surface area (Å²) in [5, 5.41) is 0. The molecule has 0 spiro atoms. The third kappa shape index (κ3) is 5.56. The van der Waals surface area contributed by atoms with Gasteiger partial charge in [0.25, 0.3) is 0 Å². The highest BCUT2D eigenvalue weighted by atomic mass is 14.5. The van der Waals surface area contributed by atoms with Crippen LogP contribution in [0.3, 0.4) is 0 Å². The van der Waals surface area contributed by atoms with Crippen molar-refractivity contribution in [2.75, 3.05) is 13.1 Å². The summed E-state index contributed by atoms with van der Waals surface area (Å²) >= 11 is 0. The first-order chi connectivity index (χ1) is 5.52. The summed E-state index contributed by atoms with van der Waals surface area (Å²) in [5.74, 6) is 0.733. The van der Waals surface area contributed by atoms with Gasteiger partial charge in [-0.25, -0.2) is 0 Å². The number of nitrogens with two attached hydrogens (primary N) is 2. The van der Waals surface area contributed by atoms with E-state index in [1.165, 1.54) is 6.42 Å². The molecule has 2 heteroatoms. The van der Waals surface area contributed by atoms with Crippen LogP contribution in [0.5, 0.6) is 0 Å². The van der Waals surface area contributed by atoms with Gasteiger partial charge in [0, 0.05) is 0 Å². The second-order valence-corrected chi connectivity index (χ2v) is 4.59. The highest BCUT2D eigenvalue weighted by Crippen LogP contribution is 2.29. The maximum Gasteiger partial charge on any atom is -0.00722 e. The van der Waals surface area contributed by atoms with Crippen LogP contribution in [-0.2, 0) is 0 Å². The molecule has 0 amide bonds. The van der Waals surface area contributed by atoms with E-state index in [0.717, 1.165) is 31.8 Å². The molecule has 0 aliphatic carbocycles. The Labute approximate surface area is 76.7 Å². The van der Waals surface area contributed by atoms with Gasteiger partial charge in [0.1, 0.15) is 0 Å². The molecule has 0 saturated heterocycles. The van der Waals surface area contributed by atoms with Crippen molar-refractivity contribution in [3.05, 3.63) is 0 Å². The van der Waals surface area contributed by atoms with Gasteiger partial charge in [-0.2, -0.15) is 0 Å².